The van der Waals surface area contributed by atoms with E-state index in [1.165, 1.54) is 25.1 Å². The number of halogens is 9. The van der Waals surface area contributed by atoms with E-state index in [-0.39, 0.29) is 16.7 Å². The zero-order valence-electron chi connectivity index (χ0n) is 19.9. The quantitative estimate of drug-likeness (QED) is 0.228. The van der Waals surface area contributed by atoms with E-state index in [4.69, 9.17) is 0 Å². The van der Waals surface area contributed by atoms with Gasteiger partial charge >= 0.3 is 18.5 Å². The maximum absolute atomic E-state index is 14.4. The molecule has 0 radical (unpaired) electrons. The Kier molecular flexibility index (Phi) is 6.84. The molecule has 4 aromatic carbocycles. The molecule has 0 aliphatic carbocycles. The van der Waals surface area contributed by atoms with Crippen molar-refractivity contribution >= 4 is 0 Å². The molecule has 0 N–H and O–H groups in total. The second-order valence-corrected chi connectivity index (χ2v) is 8.85. The van der Waals surface area contributed by atoms with E-state index in [0.717, 1.165) is 42.5 Å². The van der Waals surface area contributed by atoms with Gasteiger partial charge in [0.1, 0.15) is 0 Å². The van der Waals surface area contributed by atoms with Crippen molar-refractivity contribution < 1.29 is 39.5 Å². The van der Waals surface area contributed by atoms with E-state index in [1.54, 1.807) is 19.1 Å². The van der Waals surface area contributed by atoms with Crippen LogP contribution >= 0.6 is 0 Å². The number of rotatable bonds is 3. The molecule has 0 nitrogen and oxygen atoms in total. The van der Waals surface area contributed by atoms with Gasteiger partial charge in [-0.15, -0.1) is 0 Å². The lowest BCUT2D eigenvalue weighted by Crippen LogP contribution is -2.12. The number of hydrogen-bond acceptors (Lipinski definition) is 0. The van der Waals surface area contributed by atoms with Crippen molar-refractivity contribution in [3.8, 4) is 33.4 Å². The summed E-state index contributed by atoms with van der Waals surface area (Å²) < 4.78 is 126. The van der Waals surface area contributed by atoms with Gasteiger partial charge in [-0.1, -0.05) is 60.2 Å². The van der Waals surface area contributed by atoms with Crippen molar-refractivity contribution in [2.24, 2.45) is 0 Å². The highest BCUT2D eigenvalue weighted by molar-refractivity contribution is 5.98. The van der Waals surface area contributed by atoms with Gasteiger partial charge in [-0.05, 0) is 71.5 Å². The van der Waals surface area contributed by atoms with Crippen LogP contribution in [0.5, 0.6) is 0 Å². The Morgan fingerprint density at radius 3 is 1.76 bits per heavy atom. The summed E-state index contributed by atoms with van der Waals surface area (Å²) in [5.41, 5.74) is -4.50. The van der Waals surface area contributed by atoms with E-state index in [1.807, 2.05) is 0 Å². The summed E-state index contributed by atoms with van der Waals surface area (Å²) in [6, 6.07) is 14.1. The molecule has 0 aromatic heterocycles. The molecule has 9 heteroatoms. The first kappa shape index (κ1) is 27.3. The fraction of sp³-hybridized carbons (Fsp3) is 0.172. The molecule has 0 unspecified atom stereocenters. The molecule has 0 bridgehead atoms. The molecule has 4 rings (SSSR count). The number of hydrogen-bond donors (Lipinski definition) is 0. The molecule has 0 aliphatic heterocycles. The summed E-state index contributed by atoms with van der Waals surface area (Å²) in [6.45, 7) is 3.14. The summed E-state index contributed by atoms with van der Waals surface area (Å²) in [7, 11) is 0. The second kappa shape index (κ2) is 9.53. The lowest BCUT2D eigenvalue weighted by atomic mass is 9.81. The van der Waals surface area contributed by atoms with Gasteiger partial charge in [0, 0.05) is 5.56 Å². The highest BCUT2D eigenvalue weighted by Crippen LogP contribution is 2.50. The molecular weight excluding hydrogens is 519 g/mol. The summed E-state index contributed by atoms with van der Waals surface area (Å²) >= 11 is 0. The third kappa shape index (κ3) is 5.28. The normalized spacial score (nSPS) is 12.6. The molecule has 0 spiro atoms. The number of aryl methyl sites for hydroxylation is 2. The van der Waals surface area contributed by atoms with E-state index >= 15 is 0 Å². The Labute approximate surface area is 212 Å². The minimum Gasteiger partial charge on any atom is -0.166 e. The van der Waals surface area contributed by atoms with E-state index < -0.39 is 51.9 Å². The predicted octanol–water partition coefficient (Wildman–Crippen LogP) is 10.4. The van der Waals surface area contributed by atoms with Crippen molar-refractivity contribution in [3.05, 3.63) is 107 Å². The molecular formula is C29H19F9. The van der Waals surface area contributed by atoms with Gasteiger partial charge in [0.05, 0.1) is 16.7 Å². The minimum atomic E-state index is -4.97. The van der Waals surface area contributed by atoms with Crippen LogP contribution in [0.1, 0.15) is 27.8 Å². The van der Waals surface area contributed by atoms with Crippen LogP contribution in [0.15, 0.2) is 78.9 Å². The third-order valence-electron chi connectivity index (χ3n) is 6.18. The van der Waals surface area contributed by atoms with Crippen molar-refractivity contribution in [1.82, 2.24) is 0 Å². The van der Waals surface area contributed by atoms with E-state index in [0.29, 0.717) is 17.2 Å². The van der Waals surface area contributed by atoms with Gasteiger partial charge in [-0.25, -0.2) is 0 Å². The minimum absolute atomic E-state index is 0.0260. The molecule has 0 amide bonds. The van der Waals surface area contributed by atoms with Crippen LogP contribution in [0.2, 0.25) is 0 Å². The lowest BCUT2D eigenvalue weighted by molar-refractivity contribution is -0.138. The molecule has 0 fully saturated rings. The smallest absolute Gasteiger partial charge is 0.166 e. The van der Waals surface area contributed by atoms with Crippen molar-refractivity contribution in [2.75, 3.05) is 0 Å². The fourth-order valence-corrected chi connectivity index (χ4v) is 4.46. The maximum atomic E-state index is 14.4. The fourth-order valence-electron chi connectivity index (χ4n) is 4.46. The molecule has 38 heavy (non-hydrogen) atoms. The summed E-state index contributed by atoms with van der Waals surface area (Å²) in [6.07, 6.45) is -14.7. The molecule has 4 aromatic rings. The largest absolute Gasteiger partial charge is 0.417 e. The van der Waals surface area contributed by atoms with Gasteiger partial charge < -0.3 is 0 Å². The van der Waals surface area contributed by atoms with Crippen LogP contribution in [0.4, 0.5) is 39.5 Å². The van der Waals surface area contributed by atoms with Crippen LogP contribution < -0.4 is 0 Å². The third-order valence-corrected chi connectivity index (χ3v) is 6.18. The first-order valence-corrected chi connectivity index (χ1v) is 11.2. The average Bonchev–Trinajstić information content (AvgIpc) is 2.83. The second-order valence-electron chi connectivity index (χ2n) is 8.85. The van der Waals surface area contributed by atoms with Gasteiger partial charge in [0.15, 0.2) is 0 Å². The van der Waals surface area contributed by atoms with Crippen LogP contribution in [-0.4, -0.2) is 0 Å². The predicted molar refractivity (Wildman–Crippen MR) is 127 cm³/mol. The van der Waals surface area contributed by atoms with Crippen molar-refractivity contribution in [3.63, 3.8) is 0 Å². The van der Waals surface area contributed by atoms with Crippen molar-refractivity contribution in [1.29, 1.82) is 0 Å². The number of benzene rings is 4. The summed E-state index contributed by atoms with van der Waals surface area (Å²) in [5.74, 6) is 0. The Morgan fingerprint density at radius 1 is 0.474 bits per heavy atom. The zero-order chi connectivity index (χ0) is 28.0. The molecule has 0 atom stereocenters. The average molecular weight is 538 g/mol. The van der Waals surface area contributed by atoms with Crippen LogP contribution in [-0.2, 0) is 18.5 Å². The first-order chi connectivity index (χ1) is 17.6. The first-order valence-electron chi connectivity index (χ1n) is 11.2. The highest BCUT2D eigenvalue weighted by atomic mass is 19.4. The SMILES string of the molecule is Cc1ccc(C)c(-c2c(C(F)(F)F)ccc(-c3cccc(C(F)(F)F)c3)c2-c2ccccc2C(F)(F)F)c1. The topological polar surface area (TPSA) is 0 Å². The number of alkyl halides is 9. The van der Waals surface area contributed by atoms with Crippen molar-refractivity contribution in [2.45, 2.75) is 32.4 Å². The van der Waals surface area contributed by atoms with E-state index in [9.17, 15) is 39.5 Å². The Hall–Kier alpha value is -3.75. The van der Waals surface area contributed by atoms with Gasteiger partial charge in [-0.2, -0.15) is 39.5 Å². The molecule has 0 saturated heterocycles. The Morgan fingerprint density at radius 2 is 1.13 bits per heavy atom. The zero-order valence-corrected chi connectivity index (χ0v) is 19.9. The molecule has 0 heterocycles. The van der Waals surface area contributed by atoms with Gasteiger partial charge in [-0.3, -0.25) is 0 Å². The Bertz CT molecular complexity index is 1490. The molecule has 0 aliphatic rings. The Balaban J connectivity index is 2.25. The highest BCUT2D eigenvalue weighted by Gasteiger charge is 2.39. The van der Waals surface area contributed by atoms with Crippen LogP contribution in [0.25, 0.3) is 33.4 Å². The standard InChI is InChI=1S/C29H19F9/c1-16-10-11-17(2)22(14-16)26-24(29(36,37)38)13-12-20(18-6-5-7-19(15-18)27(30,31)32)25(26)21-8-3-4-9-23(21)28(33,34)35/h3-15H,1-2H3. The lowest BCUT2D eigenvalue weighted by Gasteiger charge is -2.25. The van der Waals surface area contributed by atoms with Crippen LogP contribution in [0, 0.1) is 13.8 Å². The van der Waals surface area contributed by atoms with Crippen LogP contribution in [0.3, 0.4) is 0 Å². The summed E-state index contributed by atoms with van der Waals surface area (Å²) in [5, 5.41) is 0. The summed E-state index contributed by atoms with van der Waals surface area (Å²) in [4.78, 5) is 0. The molecule has 0 saturated carbocycles. The molecule has 198 valence electrons. The monoisotopic (exact) mass is 538 g/mol. The maximum Gasteiger partial charge on any atom is 0.417 e. The van der Waals surface area contributed by atoms with Gasteiger partial charge in [0.25, 0.3) is 0 Å². The van der Waals surface area contributed by atoms with E-state index in [2.05, 4.69) is 0 Å². The van der Waals surface area contributed by atoms with Gasteiger partial charge in [0.2, 0.25) is 0 Å².